The number of nitrogens with zero attached hydrogens (tertiary/aromatic N) is 1. The summed E-state index contributed by atoms with van der Waals surface area (Å²) in [5.41, 5.74) is 0.662. The standard InChI is InChI=1S/C14H16ClN2O4P/c1-9(2)13(14(18)19)17-22(15,20)21-12-7-3-6-11-10(12)5-4-8-16-11/h3-9,13H,1-2H3,(H,17,20)(H,18,19). The lowest BCUT2D eigenvalue weighted by Crippen LogP contribution is -2.38. The Bertz CT molecular complexity index is 732. The number of hydrogen-bond donors (Lipinski definition) is 2. The van der Waals surface area contributed by atoms with Gasteiger partial charge in [-0.3, -0.25) is 9.78 Å². The first-order valence-corrected chi connectivity index (χ1v) is 9.17. The molecule has 22 heavy (non-hydrogen) atoms. The first-order chi connectivity index (χ1) is 10.3. The summed E-state index contributed by atoms with van der Waals surface area (Å²) < 4.78 is 17.7. The number of rotatable bonds is 6. The van der Waals surface area contributed by atoms with E-state index >= 15 is 0 Å². The molecule has 0 fully saturated rings. The second-order valence-corrected chi connectivity index (χ2v) is 7.82. The zero-order valence-corrected chi connectivity index (χ0v) is 13.7. The number of carboxylic acids is 1. The van der Waals surface area contributed by atoms with Crippen molar-refractivity contribution in [2.45, 2.75) is 19.9 Å². The second-order valence-electron chi connectivity index (χ2n) is 5.09. The molecular weight excluding hydrogens is 327 g/mol. The Morgan fingerprint density at radius 2 is 2.09 bits per heavy atom. The van der Waals surface area contributed by atoms with Crippen LogP contribution in [0.4, 0.5) is 0 Å². The molecule has 2 N–H and O–H groups in total. The number of pyridine rings is 1. The molecule has 118 valence electrons. The van der Waals surface area contributed by atoms with Crippen LogP contribution in [0.15, 0.2) is 36.5 Å². The van der Waals surface area contributed by atoms with Gasteiger partial charge in [-0.1, -0.05) is 19.9 Å². The lowest BCUT2D eigenvalue weighted by molar-refractivity contribution is -0.140. The number of carbonyl (C=O) groups is 1. The van der Waals surface area contributed by atoms with Crippen LogP contribution in [0.1, 0.15) is 13.8 Å². The van der Waals surface area contributed by atoms with E-state index in [2.05, 4.69) is 10.1 Å². The van der Waals surface area contributed by atoms with Crippen molar-refractivity contribution in [1.29, 1.82) is 0 Å². The summed E-state index contributed by atoms with van der Waals surface area (Å²) in [5, 5.41) is 12.2. The van der Waals surface area contributed by atoms with E-state index in [0.717, 1.165) is 0 Å². The van der Waals surface area contributed by atoms with E-state index in [1.165, 1.54) is 0 Å². The molecule has 8 heteroatoms. The van der Waals surface area contributed by atoms with Crippen LogP contribution in [0, 0.1) is 5.92 Å². The van der Waals surface area contributed by atoms with E-state index < -0.39 is 18.9 Å². The number of nitrogens with one attached hydrogen (secondary N) is 1. The van der Waals surface area contributed by atoms with E-state index in [1.54, 1.807) is 50.4 Å². The number of aliphatic carboxylic acids is 1. The normalized spacial score (nSPS) is 15.5. The minimum Gasteiger partial charge on any atom is -0.480 e. The molecule has 1 aromatic heterocycles. The van der Waals surface area contributed by atoms with Crippen molar-refractivity contribution in [3.8, 4) is 5.75 Å². The lowest BCUT2D eigenvalue weighted by atomic mass is 10.1. The highest BCUT2D eigenvalue weighted by Gasteiger charge is 2.32. The fraction of sp³-hybridized carbons (Fsp3) is 0.286. The van der Waals surface area contributed by atoms with Gasteiger partial charge in [-0.15, -0.1) is 0 Å². The summed E-state index contributed by atoms with van der Waals surface area (Å²) in [5.74, 6) is -1.16. The van der Waals surface area contributed by atoms with Crippen LogP contribution in [0.2, 0.25) is 0 Å². The van der Waals surface area contributed by atoms with Crippen LogP contribution in [0.5, 0.6) is 5.75 Å². The van der Waals surface area contributed by atoms with Gasteiger partial charge in [0, 0.05) is 22.8 Å². The summed E-state index contributed by atoms with van der Waals surface area (Å²) in [6, 6.07) is 7.48. The number of carboxylic acid groups (broad SMARTS) is 1. The monoisotopic (exact) mass is 342 g/mol. The van der Waals surface area contributed by atoms with Gasteiger partial charge in [0.2, 0.25) is 0 Å². The maximum absolute atomic E-state index is 12.4. The zero-order chi connectivity index (χ0) is 16.3. The smallest absolute Gasteiger partial charge is 0.409 e. The summed E-state index contributed by atoms with van der Waals surface area (Å²) in [4.78, 5) is 15.3. The highest BCUT2D eigenvalue weighted by Crippen LogP contribution is 2.50. The third-order valence-electron chi connectivity index (χ3n) is 3.05. The number of fused-ring (bicyclic) bond motifs is 1. The van der Waals surface area contributed by atoms with E-state index in [-0.39, 0.29) is 11.7 Å². The molecule has 2 rings (SSSR count). The average Bonchev–Trinajstić information content (AvgIpc) is 2.44. The van der Waals surface area contributed by atoms with E-state index in [0.29, 0.717) is 10.9 Å². The summed E-state index contributed by atoms with van der Waals surface area (Å²) in [6.45, 7) is -0.499. The predicted octanol–water partition coefficient (Wildman–Crippen LogP) is 3.66. The van der Waals surface area contributed by atoms with Crippen molar-refractivity contribution < 1.29 is 19.0 Å². The van der Waals surface area contributed by atoms with Crippen LogP contribution in [-0.4, -0.2) is 22.1 Å². The Kier molecular flexibility index (Phi) is 5.06. The van der Waals surface area contributed by atoms with Crippen LogP contribution in [-0.2, 0) is 9.36 Å². The molecule has 0 spiro atoms. The van der Waals surface area contributed by atoms with Gasteiger partial charge in [0.1, 0.15) is 11.8 Å². The Morgan fingerprint density at radius 1 is 1.36 bits per heavy atom. The molecule has 2 unspecified atom stereocenters. The van der Waals surface area contributed by atoms with Crippen molar-refractivity contribution in [1.82, 2.24) is 10.1 Å². The Hall–Kier alpha value is -1.62. The molecule has 0 aliphatic rings. The highest BCUT2D eigenvalue weighted by atomic mass is 35.7. The summed E-state index contributed by atoms with van der Waals surface area (Å²) in [6.07, 6.45) is 1.63. The molecule has 0 bridgehead atoms. The van der Waals surface area contributed by atoms with Gasteiger partial charge < -0.3 is 9.63 Å². The van der Waals surface area contributed by atoms with E-state index in [9.17, 15) is 9.36 Å². The second kappa shape index (κ2) is 6.65. The fourth-order valence-electron chi connectivity index (χ4n) is 1.96. The molecule has 0 saturated carbocycles. The van der Waals surface area contributed by atoms with Crippen LogP contribution >= 0.6 is 18.1 Å². The molecular formula is C14H16ClN2O4P. The number of aromatic nitrogens is 1. The van der Waals surface area contributed by atoms with Crippen molar-refractivity contribution in [3.05, 3.63) is 36.5 Å². The lowest BCUT2D eigenvalue weighted by Gasteiger charge is -2.22. The van der Waals surface area contributed by atoms with Gasteiger partial charge in [-0.05, 0) is 30.2 Å². The molecule has 0 saturated heterocycles. The molecule has 0 amide bonds. The summed E-state index contributed by atoms with van der Waals surface area (Å²) >= 11 is 5.89. The van der Waals surface area contributed by atoms with Gasteiger partial charge >= 0.3 is 12.8 Å². The van der Waals surface area contributed by atoms with Gasteiger partial charge in [0.15, 0.2) is 0 Å². The Morgan fingerprint density at radius 3 is 2.73 bits per heavy atom. The van der Waals surface area contributed by atoms with Crippen LogP contribution < -0.4 is 9.61 Å². The van der Waals surface area contributed by atoms with E-state index in [4.69, 9.17) is 20.9 Å². The number of hydrogen-bond acceptors (Lipinski definition) is 4. The Balaban J connectivity index is 2.27. The van der Waals surface area contributed by atoms with Crippen LogP contribution in [0.3, 0.4) is 0 Å². The van der Waals surface area contributed by atoms with Crippen molar-refractivity contribution in [3.63, 3.8) is 0 Å². The van der Waals surface area contributed by atoms with Gasteiger partial charge in [-0.25, -0.2) is 9.65 Å². The van der Waals surface area contributed by atoms with Crippen molar-refractivity contribution in [2.24, 2.45) is 5.92 Å². The van der Waals surface area contributed by atoms with Gasteiger partial charge in [0.05, 0.1) is 5.52 Å². The van der Waals surface area contributed by atoms with Crippen molar-refractivity contribution >= 4 is 35.0 Å². The fourth-order valence-corrected chi connectivity index (χ4v) is 3.71. The van der Waals surface area contributed by atoms with Crippen LogP contribution in [0.25, 0.3) is 10.9 Å². The SMILES string of the molecule is CC(C)C(NP(=O)(Cl)Oc1cccc2ncccc12)C(=O)O. The van der Waals surface area contributed by atoms with Crippen molar-refractivity contribution in [2.75, 3.05) is 0 Å². The molecule has 6 nitrogen and oxygen atoms in total. The molecule has 0 aliphatic heterocycles. The molecule has 2 atom stereocenters. The third kappa shape index (κ3) is 3.97. The maximum atomic E-state index is 12.4. The van der Waals surface area contributed by atoms with Gasteiger partial charge in [-0.2, -0.15) is 0 Å². The van der Waals surface area contributed by atoms with Gasteiger partial charge in [0.25, 0.3) is 0 Å². The summed E-state index contributed by atoms with van der Waals surface area (Å²) in [7, 11) is 0. The predicted molar refractivity (Wildman–Crippen MR) is 85.2 cm³/mol. The minimum absolute atomic E-state index is 0.282. The maximum Gasteiger partial charge on any atom is 0.409 e. The molecule has 2 aromatic rings. The highest BCUT2D eigenvalue weighted by molar-refractivity contribution is 7.84. The molecule has 1 heterocycles. The first-order valence-electron chi connectivity index (χ1n) is 6.64. The Labute approximate surface area is 132 Å². The first kappa shape index (κ1) is 16.7. The quantitative estimate of drug-likeness (QED) is 0.779. The van der Waals surface area contributed by atoms with E-state index in [1.807, 2.05) is 0 Å². The number of halogens is 1. The third-order valence-corrected chi connectivity index (χ3v) is 4.57. The molecule has 1 aromatic carbocycles. The average molecular weight is 343 g/mol. The molecule has 0 radical (unpaired) electrons. The largest absolute Gasteiger partial charge is 0.480 e. The topological polar surface area (TPSA) is 88.5 Å². The zero-order valence-electron chi connectivity index (χ0n) is 12.1. The minimum atomic E-state index is -3.87. The molecule has 0 aliphatic carbocycles. The number of benzene rings is 1.